The van der Waals surface area contributed by atoms with Crippen molar-refractivity contribution in [3.05, 3.63) is 149 Å². The van der Waals surface area contributed by atoms with Gasteiger partial charge in [-0.05, 0) is 35.4 Å². The number of hydrogen-bond acceptors (Lipinski definition) is 0. The molecule has 0 amide bonds. The summed E-state index contributed by atoms with van der Waals surface area (Å²) in [4.78, 5) is 0. The van der Waals surface area contributed by atoms with Gasteiger partial charge in [0.2, 0.25) is 0 Å². The quantitative estimate of drug-likeness (QED) is 0.161. The van der Waals surface area contributed by atoms with Crippen molar-refractivity contribution in [3.8, 4) is 11.1 Å². The van der Waals surface area contributed by atoms with Crippen molar-refractivity contribution in [2.75, 3.05) is 0 Å². The van der Waals surface area contributed by atoms with Gasteiger partial charge in [-0.2, -0.15) is 23.8 Å². The molecular weight excluding hydrogens is 820 g/mol. The van der Waals surface area contributed by atoms with Crippen molar-refractivity contribution in [2.45, 2.75) is 92.9 Å². The van der Waals surface area contributed by atoms with Crippen LogP contribution in [0.15, 0.2) is 60.7 Å². The molecule has 7 heteroatoms. The minimum absolute atomic E-state index is 0. The van der Waals surface area contributed by atoms with E-state index in [1.807, 2.05) is 38.1 Å². The molecule has 4 aromatic carbocycles. The summed E-state index contributed by atoms with van der Waals surface area (Å²) in [6, 6.07) is 18.3. The summed E-state index contributed by atoms with van der Waals surface area (Å²) >= 11 is 25.9. The van der Waals surface area contributed by atoms with E-state index >= 15 is 0 Å². The molecule has 0 heterocycles. The Hall–Kier alpha value is -1.15. The van der Waals surface area contributed by atoms with Gasteiger partial charge in [0.05, 0.1) is 0 Å². The fourth-order valence-corrected chi connectivity index (χ4v) is 8.58. The largest absolute Gasteiger partial charge is 1.00 e. The van der Waals surface area contributed by atoms with Crippen molar-refractivity contribution in [1.29, 1.82) is 0 Å². The third kappa shape index (κ3) is 10.7. The van der Waals surface area contributed by atoms with Gasteiger partial charge in [-0.3, -0.25) is 6.08 Å². The summed E-state index contributed by atoms with van der Waals surface area (Å²) in [7, 11) is 0. The minimum atomic E-state index is 0. The Labute approximate surface area is 348 Å². The van der Waals surface area contributed by atoms with Crippen LogP contribution < -0.4 is 24.8 Å². The van der Waals surface area contributed by atoms with Crippen molar-refractivity contribution in [2.24, 2.45) is 0 Å². The van der Waals surface area contributed by atoms with E-state index in [9.17, 15) is 0 Å². The molecule has 2 aliphatic rings. The molecule has 4 aromatic rings. The Balaban J connectivity index is 0.000000295. The van der Waals surface area contributed by atoms with E-state index in [4.69, 9.17) is 46.4 Å². The van der Waals surface area contributed by atoms with E-state index in [1.165, 1.54) is 68.7 Å². The van der Waals surface area contributed by atoms with Gasteiger partial charge in [0.1, 0.15) is 0 Å². The smallest absolute Gasteiger partial charge is 0.109 e. The standard InChI is InChI=1S/C23H29.C15H10Cl4.C5H5.2ClH.Zr/c1-14-9-16-11-17-10-15(2)21(23(6,7)8)13-19(17)18(16)12-20(14)22(3,4)5;1-8-10(4-12(16)6-14(8)18)3-11-5-13(17)7-15(19)9(11)2;1-2-4-5-3-1;;;/h9,12-13H,11H2,1-8H3;4-7H,1-2H3;1-3H,4H2;2*1H;/q-1;;-1;;;+2/p-2. The molecule has 0 nitrogen and oxygen atoms in total. The average Bonchev–Trinajstić information content (AvgIpc) is 3.66. The predicted octanol–water partition coefficient (Wildman–Crippen LogP) is 7.62. The van der Waals surface area contributed by atoms with Crippen molar-refractivity contribution in [3.63, 3.8) is 0 Å². The maximum absolute atomic E-state index is 6.21. The van der Waals surface area contributed by atoms with E-state index in [1.54, 1.807) is 12.1 Å². The summed E-state index contributed by atoms with van der Waals surface area (Å²) in [6.45, 7) is 22.2. The molecule has 0 saturated carbocycles. The number of benzene rings is 4. The van der Waals surface area contributed by atoms with Gasteiger partial charge < -0.3 is 24.8 Å². The van der Waals surface area contributed by atoms with Crippen LogP contribution in [0.5, 0.6) is 0 Å². The number of rotatable bonds is 2. The number of aryl methyl sites for hydroxylation is 2. The predicted molar refractivity (Wildman–Crippen MR) is 208 cm³/mol. The summed E-state index contributed by atoms with van der Waals surface area (Å²) in [5.41, 5.74) is 15.7. The number of halogens is 6. The fourth-order valence-electron chi connectivity index (χ4n) is 6.32. The zero-order valence-electron chi connectivity index (χ0n) is 30.5. The Kier molecular flexibility index (Phi) is 16.4. The van der Waals surface area contributed by atoms with Gasteiger partial charge in [0, 0.05) is 0 Å². The minimum Gasteiger partial charge on any atom is -1.00 e. The van der Waals surface area contributed by atoms with Gasteiger partial charge >= 0.3 is 154 Å². The van der Waals surface area contributed by atoms with Gasteiger partial charge in [-0.1, -0.05) is 71.6 Å². The molecule has 0 saturated heterocycles. The summed E-state index contributed by atoms with van der Waals surface area (Å²) in [6.07, 6.45) is 11.0. The first-order valence-electron chi connectivity index (χ1n) is 16.2. The van der Waals surface area contributed by atoms with Crippen molar-refractivity contribution < 1.29 is 49.0 Å². The molecule has 6 rings (SSSR count). The van der Waals surface area contributed by atoms with E-state index in [-0.39, 0.29) is 35.6 Å². The van der Waals surface area contributed by atoms with Crippen LogP contribution in [-0.2, 0) is 41.5 Å². The van der Waals surface area contributed by atoms with E-state index in [0.717, 1.165) is 38.3 Å². The first kappa shape index (κ1) is 45.0. The van der Waals surface area contributed by atoms with Crippen LogP contribution in [0.25, 0.3) is 11.1 Å². The maximum Gasteiger partial charge on any atom is -0.109 e. The van der Waals surface area contributed by atoms with Crippen molar-refractivity contribution in [1.82, 2.24) is 0 Å². The fraction of sp³-hybridized carbons (Fsp3) is 0.326. The Bertz CT molecular complexity index is 1800. The van der Waals surface area contributed by atoms with Crippen LogP contribution in [0.1, 0.15) is 104 Å². The first-order valence-corrected chi connectivity index (χ1v) is 19.0. The third-order valence-electron chi connectivity index (χ3n) is 8.82. The average molecular weight is 865 g/mol. The summed E-state index contributed by atoms with van der Waals surface area (Å²) in [5, 5.41) is 2.58. The zero-order valence-corrected chi connectivity index (χ0v) is 37.4. The molecule has 0 unspecified atom stereocenters. The second-order valence-corrected chi connectivity index (χ2v) is 17.6. The van der Waals surface area contributed by atoms with Gasteiger partial charge in [-0.15, -0.1) is 23.1 Å². The molecular formula is C43H44Cl6Zr-2. The monoisotopic (exact) mass is 860 g/mol. The molecule has 50 heavy (non-hydrogen) atoms. The number of fused-ring (bicyclic) bond motifs is 3. The van der Waals surface area contributed by atoms with Gasteiger partial charge in [0.15, 0.2) is 0 Å². The van der Waals surface area contributed by atoms with E-state index < -0.39 is 0 Å². The molecule has 0 aromatic heterocycles. The molecule has 0 atom stereocenters. The second-order valence-electron chi connectivity index (χ2n) is 14.7. The van der Waals surface area contributed by atoms with Crippen LogP contribution in [0.4, 0.5) is 0 Å². The zero-order chi connectivity index (χ0) is 35.7. The van der Waals surface area contributed by atoms with Gasteiger partial charge in [-0.25, -0.2) is 12.2 Å². The van der Waals surface area contributed by atoms with Crippen molar-refractivity contribution >= 4 is 49.6 Å². The molecule has 0 bridgehead atoms. The van der Waals surface area contributed by atoms with E-state index in [2.05, 4.69) is 91.8 Å². The molecule has 0 aliphatic heterocycles. The van der Waals surface area contributed by atoms with Crippen LogP contribution in [0, 0.1) is 39.8 Å². The second kappa shape index (κ2) is 18.3. The number of allylic oxidation sites excluding steroid dienone is 4. The molecule has 0 radical (unpaired) electrons. The summed E-state index contributed by atoms with van der Waals surface area (Å²) < 4.78 is 1.14. The maximum atomic E-state index is 6.21. The topological polar surface area (TPSA) is 0 Å². The Morgan fingerprint density at radius 1 is 0.680 bits per heavy atom. The SMILES string of the molecule is Cc1[c-]c2c(cc1C(C)(C)C)-c1cc(C(C)(C)C)c(C)cc1C2.Cc1c(Cl)cc(Cl)cc1[C](=[Zr+2])c1cc(Cl)cc(Cl)c1C.[C-]1=CC=CC1.[Cl-].[Cl-]. The Morgan fingerprint density at radius 3 is 1.60 bits per heavy atom. The third-order valence-corrected chi connectivity index (χ3v) is 11.4. The van der Waals surface area contributed by atoms with Crippen LogP contribution in [0.3, 0.4) is 0 Å². The molecule has 264 valence electrons. The van der Waals surface area contributed by atoms with E-state index in [0.29, 0.717) is 20.1 Å². The molecule has 0 fully saturated rings. The molecule has 2 aliphatic carbocycles. The summed E-state index contributed by atoms with van der Waals surface area (Å²) in [5.74, 6) is 0. The normalized spacial score (nSPS) is 12.5. The van der Waals surface area contributed by atoms with Crippen LogP contribution in [-0.4, -0.2) is 3.21 Å². The molecule has 0 N–H and O–H groups in total. The van der Waals surface area contributed by atoms with Crippen LogP contribution in [0.2, 0.25) is 20.1 Å². The number of hydrogen-bond donors (Lipinski definition) is 0. The first-order chi connectivity index (χ1) is 22.3. The molecule has 0 spiro atoms. The van der Waals surface area contributed by atoms with Gasteiger partial charge in [0.25, 0.3) is 0 Å². The van der Waals surface area contributed by atoms with Crippen LogP contribution >= 0.6 is 46.4 Å². The Morgan fingerprint density at radius 2 is 1.18 bits per heavy atom.